The summed E-state index contributed by atoms with van der Waals surface area (Å²) in [4.78, 5) is 26.0. The highest BCUT2D eigenvalue weighted by atomic mass is 32.1. The number of nitrogens with zero attached hydrogens (tertiary/aromatic N) is 1. The van der Waals surface area contributed by atoms with Gasteiger partial charge in [-0.3, -0.25) is 10.1 Å². The molecule has 1 aromatic heterocycles. The van der Waals surface area contributed by atoms with Crippen LogP contribution in [0.15, 0.2) is 18.3 Å². The van der Waals surface area contributed by atoms with Gasteiger partial charge in [-0.15, -0.1) is 11.3 Å². The summed E-state index contributed by atoms with van der Waals surface area (Å²) in [5, 5.41) is 11.1. The zero-order valence-electron chi connectivity index (χ0n) is 7.35. The molecule has 0 atom stereocenters. The van der Waals surface area contributed by atoms with Crippen molar-refractivity contribution in [2.45, 2.75) is 6.92 Å². The molecule has 1 amide bonds. The van der Waals surface area contributed by atoms with E-state index < -0.39 is 11.9 Å². The van der Waals surface area contributed by atoms with Crippen LogP contribution < -0.4 is 5.32 Å². The summed E-state index contributed by atoms with van der Waals surface area (Å²) >= 11 is 1.33. The number of carbonyl (C=O) groups excluding carboxylic acids is 1. The maximum atomic E-state index is 11.0. The highest BCUT2D eigenvalue weighted by Crippen LogP contribution is 2.16. The molecule has 5 nitrogen and oxygen atoms in total. The molecule has 6 heteroatoms. The van der Waals surface area contributed by atoms with E-state index in [1.54, 1.807) is 6.20 Å². The number of aliphatic carboxylic acids is 1. The molecule has 0 fully saturated rings. The summed E-state index contributed by atoms with van der Waals surface area (Å²) in [7, 11) is 0. The highest BCUT2D eigenvalue weighted by molar-refractivity contribution is 7.15. The van der Waals surface area contributed by atoms with Crippen LogP contribution in [0.2, 0.25) is 0 Å². The second-order valence-electron chi connectivity index (χ2n) is 2.44. The van der Waals surface area contributed by atoms with Crippen LogP contribution >= 0.6 is 11.3 Å². The number of aryl methyl sites for hydroxylation is 1. The Morgan fingerprint density at radius 3 is 2.79 bits per heavy atom. The average Bonchev–Trinajstić information content (AvgIpc) is 2.48. The van der Waals surface area contributed by atoms with Gasteiger partial charge in [-0.05, 0) is 6.92 Å². The van der Waals surface area contributed by atoms with Crippen molar-refractivity contribution < 1.29 is 14.7 Å². The number of aromatic nitrogens is 1. The van der Waals surface area contributed by atoms with Crippen LogP contribution in [-0.4, -0.2) is 22.0 Å². The van der Waals surface area contributed by atoms with E-state index in [2.05, 4.69) is 10.3 Å². The molecule has 0 radical (unpaired) electrons. The summed E-state index contributed by atoms with van der Waals surface area (Å²) in [6.07, 6.45) is 3.34. The Morgan fingerprint density at radius 2 is 2.29 bits per heavy atom. The minimum Gasteiger partial charge on any atom is -0.478 e. The number of nitrogens with one attached hydrogen (secondary N) is 1. The van der Waals surface area contributed by atoms with Crippen LogP contribution in [0.25, 0.3) is 0 Å². The van der Waals surface area contributed by atoms with Crippen molar-refractivity contribution in [2.75, 3.05) is 5.32 Å². The maximum Gasteiger partial charge on any atom is 0.328 e. The Morgan fingerprint density at radius 1 is 1.57 bits per heavy atom. The Balaban J connectivity index is 2.53. The van der Waals surface area contributed by atoms with Crippen LogP contribution in [0.3, 0.4) is 0 Å². The molecule has 0 unspecified atom stereocenters. The molecule has 0 saturated heterocycles. The van der Waals surface area contributed by atoms with E-state index >= 15 is 0 Å². The number of carboxylic acid groups (broad SMARTS) is 1. The summed E-state index contributed by atoms with van der Waals surface area (Å²) in [5.74, 6) is -1.66. The number of rotatable bonds is 3. The third kappa shape index (κ3) is 3.36. The fraction of sp³-hybridized carbons (Fsp3) is 0.125. The molecule has 74 valence electrons. The van der Waals surface area contributed by atoms with Gasteiger partial charge in [0.25, 0.3) is 0 Å². The molecule has 1 rings (SSSR count). The lowest BCUT2D eigenvalue weighted by Gasteiger charge is -1.93. The first-order chi connectivity index (χ1) is 6.58. The van der Waals surface area contributed by atoms with Gasteiger partial charge in [0, 0.05) is 23.2 Å². The smallest absolute Gasteiger partial charge is 0.328 e. The van der Waals surface area contributed by atoms with Gasteiger partial charge in [0.05, 0.1) is 0 Å². The molecule has 0 aliphatic rings. The van der Waals surface area contributed by atoms with Crippen LogP contribution in [0.5, 0.6) is 0 Å². The van der Waals surface area contributed by atoms with Crippen LogP contribution in [-0.2, 0) is 9.59 Å². The standard InChI is InChI=1S/C8H8N2O3S/c1-5-4-9-8(14-5)10-6(11)2-3-7(12)13/h2-4H,1H3,(H,12,13)(H,9,10,11)/b3-2-. The average molecular weight is 212 g/mol. The number of anilines is 1. The van der Waals surface area contributed by atoms with Crippen molar-refractivity contribution in [3.8, 4) is 0 Å². The van der Waals surface area contributed by atoms with Crippen molar-refractivity contribution in [3.05, 3.63) is 23.2 Å². The third-order valence-corrected chi connectivity index (χ3v) is 2.06. The van der Waals surface area contributed by atoms with Gasteiger partial charge in [-0.1, -0.05) is 0 Å². The molecule has 1 heterocycles. The maximum absolute atomic E-state index is 11.0. The molecule has 0 bridgehead atoms. The van der Waals surface area contributed by atoms with E-state index in [9.17, 15) is 9.59 Å². The van der Waals surface area contributed by atoms with Crippen LogP contribution in [0, 0.1) is 6.92 Å². The first-order valence-corrected chi connectivity index (χ1v) is 4.54. The fourth-order valence-electron chi connectivity index (χ4n) is 0.707. The molecule has 0 aromatic carbocycles. The van der Waals surface area contributed by atoms with E-state index in [-0.39, 0.29) is 0 Å². The van der Waals surface area contributed by atoms with Gasteiger partial charge in [0.2, 0.25) is 5.91 Å². The van der Waals surface area contributed by atoms with Crippen LogP contribution in [0.1, 0.15) is 4.88 Å². The summed E-state index contributed by atoms with van der Waals surface area (Å²) in [6, 6.07) is 0. The quantitative estimate of drug-likeness (QED) is 0.733. The minimum atomic E-state index is -1.16. The first-order valence-electron chi connectivity index (χ1n) is 3.72. The molecular weight excluding hydrogens is 204 g/mol. The Labute approximate surface area is 84.1 Å². The van der Waals surface area contributed by atoms with E-state index in [1.165, 1.54) is 11.3 Å². The van der Waals surface area contributed by atoms with Gasteiger partial charge in [0.1, 0.15) is 0 Å². The number of amides is 1. The largest absolute Gasteiger partial charge is 0.478 e. The van der Waals surface area contributed by atoms with E-state index in [0.29, 0.717) is 5.13 Å². The predicted octanol–water partition coefficient (Wildman–Crippen LogP) is 1.03. The number of hydrogen-bond acceptors (Lipinski definition) is 4. The zero-order valence-corrected chi connectivity index (χ0v) is 8.17. The lowest BCUT2D eigenvalue weighted by atomic mass is 10.5. The van der Waals surface area contributed by atoms with Crippen LogP contribution in [0.4, 0.5) is 5.13 Å². The molecule has 1 aromatic rings. The molecule has 0 aliphatic heterocycles. The van der Waals surface area contributed by atoms with Gasteiger partial charge in [-0.25, -0.2) is 9.78 Å². The fourth-order valence-corrected chi connectivity index (χ4v) is 1.37. The molecule has 0 aliphatic carbocycles. The lowest BCUT2D eigenvalue weighted by molar-refractivity contribution is -0.131. The van der Waals surface area contributed by atoms with E-state index in [1.807, 2.05) is 6.92 Å². The van der Waals surface area contributed by atoms with Crippen molar-refractivity contribution in [1.82, 2.24) is 4.98 Å². The first kappa shape index (κ1) is 10.4. The van der Waals surface area contributed by atoms with Crippen molar-refractivity contribution in [2.24, 2.45) is 0 Å². The number of carboxylic acids is 1. The molecule has 14 heavy (non-hydrogen) atoms. The van der Waals surface area contributed by atoms with Crippen molar-refractivity contribution >= 4 is 28.3 Å². The van der Waals surface area contributed by atoms with Gasteiger partial charge < -0.3 is 5.11 Å². The SMILES string of the molecule is Cc1cnc(NC(=O)/C=C\C(=O)O)s1. The van der Waals surface area contributed by atoms with Gasteiger partial charge in [-0.2, -0.15) is 0 Å². The zero-order chi connectivity index (χ0) is 10.6. The topological polar surface area (TPSA) is 79.3 Å². The molecular formula is C8H8N2O3S. The Kier molecular flexibility index (Phi) is 3.35. The van der Waals surface area contributed by atoms with Gasteiger partial charge >= 0.3 is 5.97 Å². The Bertz CT molecular complexity index is 384. The van der Waals surface area contributed by atoms with Crippen molar-refractivity contribution in [1.29, 1.82) is 0 Å². The molecule has 0 saturated carbocycles. The monoisotopic (exact) mass is 212 g/mol. The second-order valence-corrected chi connectivity index (χ2v) is 3.67. The second kappa shape index (κ2) is 4.52. The summed E-state index contributed by atoms with van der Waals surface area (Å²) in [5.41, 5.74) is 0. The third-order valence-electron chi connectivity index (χ3n) is 1.23. The normalized spacial score (nSPS) is 10.4. The van der Waals surface area contributed by atoms with E-state index in [4.69, 9.17) is 5.11 Å². The van der Waals surface area contributed by atoms with Crippen molar-refractivity contribution in [3.63, 3.8) is 0 Å². The van der Waals surface area contributed by atoms with Gasteiger partial charge in [0.15, 0.2) is 5.13 Å². The molecule has 2 N–H and O–H groups in total. The predicted molar refractivity (Wildman–Crippen MR) is 52.3 cm³/mol. The minimum absolute atomic E-state index is 0.461. The number of thiazole rings is 1. The lowest BCUT2D eigenvalue weighted by Crippen LogP contribution is -2.08. The Hall–Kier alpha value is -1.69. The van der Waals surface area contributed by atoms with E-state index in [0.717, 1.165) is 17.0 Å². The number of hydrogen-bond donors (Lipinski definition) is 2. The summed E-state index contributed by atoms with van der Waals surface area (Å²) < 4.78 is 0. The highest BCUT2D eigenvalue weighted by Gasteiger charge is 2.01. The molecule has 0 spiro atoms. The number of carbonyl (C=O) groups is 2. The summed E-state index contributed by atoms with van der Waals surface area (Å²) in [6.45, 7) is 1.86.